The van der Waals surface area contributed by atoms with Crippen LogP contribution in [0.25, 0.3) is 82.8 Å². The average molecular weight is 501 g/mol. The van der Waals surface area contributed by atoms with Gasteiger partial charge in [-0.05, 0) is 65.4 Å². The van der Waals surface area contributed by atoms with Crippen LogP contribution in [0, 0.1) is 0 Å². The van der Waals surface area contributed by atoms with E-state index < -0.39 is 0 Å². The second-order valence-corrected chi connectivity index (χ2v) is 9.99. The molecule has 0 radical (unpaired) electrons. The molecule has 3 heterocycles. The summed E-state index contributed by atoms with van der Waals surface area (Å²) in [6, 6.07) is 42.1. The van der Waals surface area contributed by atoms with Crippen LogP contribution < -0.4 is 0 Å². The molecule has 4 heteroatoms. The third-order valence-electron chi connectivity index (χ3n) is 7.82. The molecule has 0 fully saturated rings. The second kappa shape index (κ2) is 7.59. The van der Waals surface area contributed by atoms with Gasteiger partial charge in [-0.2, -0.15) is 0 Å². The van der Waals surface area contributed by atoms with E-state index in [9.17, 15) is 0 Å². The first kappa shape index (κ1) is 20.7. The van der Waals surface area contributed by atoms with Crippen molar-refractivity contribution < 1.29 is 8.83 Å². The molecule has 0 unspecified atom stereocenters. The van der Waals surface area contributed by atoms with E-state index in [1.54, 1.807) is 0 Å². The Hall–Kier alpha value is -5.35. The molecular formula is C35H20N2O2. The highest BCUT2D eigenvalue weighted by Crippen LogP contribution is 2.40. The molecule has 0 aliphatic carbocycles. The van der Waals surface area contributed by atoms with Crippen molar-refractivity contribution in [3.05, 3.63) is 121 Å². The van der Waals surface area contributed by atoms with Crippen molar-refractivity contribution in [2.24, 2.45) is 0 Å². The average Bonchev–Trinajstić information content (AvgIpc) is 3.68. The van der Waals surface area contributed by atoms with Gasteiger partial charge in [0.25, 0.3) is 0 Å². The number of nitrogens with zero attached hydrogens (tertiary/aromatic N) is 2. The van der Waals surface area contributed by atoms with Gasteiger partial charge in [-0.1, -0.05) is 66.7 Å². The van der Waals surface area contributed by atoms with Crippen molar-refractivity contribution in [2.45, 2.75) is 0 Å². The Morgan fingerprint density at radius 1 is 0.513 bits per heavy atom. The molecule has 0 saturated carbocycles. The van der Waals surface area contributed by atoms with Crippen molar-refractivity contribution >= 4 is 65.6 Å². The number of fused-ring (bicyclic) bond motifs is 10. The molecule has 0 aliphatic heterocycles. The molecule has 3 aromatic heterocycles. The number of furan rings is 1. The predicted molar refractivity (Wildman–Crippen MR) is 159 cm³/mol. The summed E-state index contributed by atoms with van der Waals surface area (Å²) in [5.74, 6) is 0.602. The van der Waals surface area contributed by atoms with E-state index in [1.165, 1.54) is 27.1 Å². The van der Waals surface area contributed by atoms with E-state index in [1.807, 2.05) is 30.3 Å². The number of hydrogen-bond acceptors (Lipinski definition) is 3. The number of rotatable bonds is 2. The molecular weight excluding hydrogens is 480 g/mol. The molecule has 6 aromatic carbocycles. The summed E-state index contributed by atoms with van der Waals surface area (Å²) in [7, 11) is 0. The zero-order valence-corrected chi connectivity index (χ0v) is 20.8. The van der Waals surface area contributed by atoms with Crippen molar-refractivity contribution in [1.29, 1.82) is 0 Å². The Balaban J connectivity index is 1.35. The molecule has 9 aromatic rings. The molecule has 0 aliphatic rings. The van der Waals surface area contributed by atoms with Crippen LogP contribution in [0.5, 0.6) is 0 Å². The Morgan fingerprint density at radius 3 is 2.21 bits per heavy atom. The number of aromatic nitrogens is 2. The van der Waals surface area contributed by atoms with Gasteiger partial charge in [0.05, 0.1) is 16.4 Å². The van der Waals surface area contributed by atoms with Crippen LogP contribution >= 0.6 is 0 Å². The van der Waals surface area contributed by atoms with Gasteiger partial charge in [-0.25, -0.2) is 4.98 Å². The van der Waals surface area contributed by atoms with Gasteiger partial charge < -0.3 is 13.4 Å². The fourth-order valence-electron chi connectivity index (χ4n) is 6.10. The molecule has 0 spiro atoms. The monoisotopic (exact) mass is 500 g/mol. The van der Waals surface area contributed by atoms with Crippen LogP contribution in [0.2, 0.25) is 0 Å². The quantitative estimate of drug-likeness (QED) is 0.237. The Morgan fingerprint density at radius 2 is 1.28 bits per heavy atom. The zero-order valence-electron chi connectivity index (χ0n) is 20.8. The van der Waals surface area contributed by atoms with Crippen LogP contribution in [0.1, 0.15) is 0 Å². The summed E-state index contributed by atoms with van der Waals surface area (Å²) < 4.78 is 14.8. The lowest BCUT2D eigenvalue weighted by atomic mass is 10.0. The Labute approximate surface area is 222 Å². The largest absolute Gasteiger partial charge is 0.456 e. The van der Waals surface area contributed by atoms with Crippen LogP contribution in [0.4, 0.5) is 0 Å². The lowest BCUT2D eigenvalue weighted by Gasteiger charge is -2.08. The highest BCUT2D eigenvalue weighted by molar-refractivity contribution is 6.22. The van der Waals surface area contributed by atoms with Gasteiger partial charge in [-0.15, -0.1) is 0 Å². The number of oxazole rings is 1. The highest BCUT2D eigenvalue weighted by Gasteiger charge is 2.19. The molecule has 9 rings (SSSR count). The molecule has 39 heavy (non-hydrogen) atoms. The summed E-state index contributed by atoms with van der Waals surface area (Å²) in [5, 5.41) is 6.89. The molecule has 182 valence electrons. The third kappa shape index (κ3) is 2.85. The van der Waals surface area contributed by atoms with E-state index in [-0.39, 0.29) is 0 Å². The van der Waals surface area contributed by atoms with E-state index in [4.69, 9.17) is 13.8 Å². The van der Waals surface area contributed by atoms with Crippen LogP contribution in [0.3, 0.4) is 0 Å². The van der Waals surface area contributed by atoms with Crippen molar-refractivity contribution in [1.82, 2.24) is 9.55 Å². The predicted octanol–water partition coefficient (Wildman–Crippen LogP) is 9.64. The van der Waals surface area contributed by atoms with Gasteiger partial charge in [0.15, 0.2) is 5.58 Å². The summed E-state index contributed by atoms with van der Waals surface area (Å²) >= 11 is 0. The zero-order chi connectivity index (χ0) is 25.5. The third-order valence-corrected chi connectivity index (χ3v) is 7.82. The summed E-state index contributed by atoms with van der Waals surface area (Å²) in [5.41, 5.74) is 7.65. The Kier molecular flexibility index (Phi) is 4.02. The summed E-state index contributed by atoms with van der Waals surface area (Å²) in [6.07, 6.45) is 0. The normalized spacial score (nSPS) is 12.1. The minimum Gasteiger partial charge on any atom is -0.456 e. The second-order valence-electron chi connectivity index (χ2n) is 9.99. The van der Waals surface area contributed by atoms with Crippen LogP contribution in [-0.2, 0) is 0 Å². The molecule has 0 amide bonds. The molecule has 0 N–H and O–H groups in total. The van der Waals surface area contributed by atoms with E-state index in [0.29, 0.717) is 5.89 Å². The standard InChI is InChI=1S/C35H20N2O2/c1-2-9-23(10-3-1)37-27-16-15-22(20-26(27)32-24-11-5-4-8-21(24)14-17-28(32)37)35-36-34-31(39-35)19-18-30-33(34)25-12-6-7-13-29(25)38-30/h1-20H. The number of benzene rings is 6. The number of para-hydroxylation sites is 2. The minimum atomic E-state index is 0.602. The Bertz CT molecular complexity index is 2390. The SMILES string of the molecule is c1ccc(-n2c3ccc(-c4nc5c(ccc6oc7ccccc7c65)o4)cc3c3c4ccccc4ccc32)cc1. The lowest BCUT2D eigenvalue weighted by molar-refractivity contribution is 0.619. The molecule has 4 nitrogen and oxygen atoms in total. The van der Waals surface area contributed by atoms with Gasteiger partial charge in [0.2, 0.25) is 5.89 Å². The van der Waals surface area contributed by atoms with E-state index >= 15 is 0 Å². The summed E-state index contributed by atoms with van der Waals surface area (Å²) in [6.45, 7) is 0. The van der Waals surface area contributed by atoms with Crippen LogP contribution in [0.15, 0.2) is 130 Å². The first-order valence-electron chi connectivity index (χ1n) is 13.1. The summed E-state index contributed by atoms with van der Waals surface area (Å²) in [4.78, 5) is 5.01. The van der Waals surface area contributed by atoms with E-state index in [0.717, 1.165) is 49.8 Å². The first-order chi connectivity index (χ1) is 19.3. The lowest BCUT2D eigenvalue weighted by Crippen LogP contribution is -1.93. The van der Waals surface area contributed by atoms with Crippen molar-refractivity contribution in [3.8, 4) is 17.1 Å². The fourth-order valence-corrected chi connectivity index (χ4v) is 6.10. The smallest absolute Gasteiger partial charge is 0.227 e. The van der Waals surface area contributed by atoms with Gasteiger partial charge in [-0.3, -0.25) is 0 Å². The van der Waals surface area contributed by atoms with Crippen molar-refractivity contribution in [2.75, 3.05) is 0 Å². The minimum absolute atomic E-state index is 0.602. The molecule has 0 bridgehead atoms. The highest BCUT2D eigenvalue weighted by atomic mass is 16.4. The van der Waals surface area contributed by atoms with Gasteiger partial charge >= 0.3 is 0 Å². The fraction of sp³-hybridized carbons (Fsp3) is 0. The molecule has 0 saturated heterocycles. The van der Waals surface area contributed by atoms with E-state index in [2.05, 4.69) is 95.6 Å². The first-order valence-corrected chi connectivity index (χ1v) is 13.1. The van der Waals surface area contributed by atoms with Gasteiger partial charge in [0.1, 0.15) is 16.7 Å². The molecule has 0 atom stereocenters. The van der Waals surface area contributed by atoms with Crippen LogP contribution in [-0.4, -0.2) is 9.55 Å². The van der Waals surface area contributed by atoms with Gasteiger partial charge in [0, 0.05) is 27.4 Å². The van der Waals surface area contributed by atoms with Crippen molar-refractivity contribution in [3.63, 3.8) is 0 Å². The maximum absolute atomic E-state index is 6.36. The maximum Gasteiger partial charge on any atom is 0.227 e. The topological polar surface area (TPSA) is 44.1 Å². The maximum atomic E-state index is 6.36. The number of hydrogen-bond donors (Lipinski definition) is 0.